The Morgan fingerprint density at radius 3 is 2.63 bits per heavy atom. The molecule has 1 N–H and O–H groups in total. The first-order valence-corrected chi connectivity index (χ1v) is 10.5. The highest BCUT2D eigenvalue weighted by molar-refractivity contribution is 5.92. The largest absolute Gasteiger partial charge is 0.335 e. The quantitative estimate of drug-likeness (QED) is 0.889. The van der Waals surface area contributed by atoms with Crippen molar-refractivity contribution < 1.29 is 9.59 Å². The Hall–Kier alpha value is -2.11. The Morgan fingerprint density at radius 2 is 1.89 bits per heavy atom. The topological polar surface area (TPSA) is 65.5 Å². The molecule has 3 amide bonds. The van der Waals surface area contributed by atoms with E-state index in [-0.39, 0.29) is 18.0 Å². The molecule has 6 heteroatoms. The molecule has 3 heterocycles. The van der Waals surface area contributed by atoms with E-state index in [4.69, 9.17) is 0 Å². The van der Waals surface area contributed by atoms with Crippen molar-refractivity contribution in [1.82, 2.24) is 20.1 Å². The minimum Gasteiger partial charge on any atom is -0.335 e. The van der Waals surface area contributed by atoms with Gasteiger partial charge in [0.2, 0.25) is 5.91 Å². The highest BCUT2D eigenvalue weighted by Gasteiger charge is 2.52. The average molecular weight is 370 g/mol. The minimum absolute atomic E-state index is 0.0348. The summed E-state index contributed by atoms with van der Waals surface area (Å²) in [4.78, 5) is 34.6. The van der Waals surface area contributed by atoms with Gasteiger partial charge in [0, 0.05) is 25.3 Å². The van der Waals surface area contributed by atoms with Gasteiger partial charge in [-0.05, 0) is 50.7 Å². The molecule has 0 radical (unpaired) electrons. The number of piperidine rings is 1. The monoisotopic (exact) mass is 370 g/mol. The van der Waals surface area contributed by atoms with Crippen LogP contribution in [0.5, 0.6) is 0 Å². The minimum atomic E-state index is -0.647. The highest BCUT2D eigenvalue weighted by Crippen LogP contribution is 2.38. The molecule has 1 spiro atoms. The summed E-state index contributed by atoms with van der Waals surface area (Å²) in [5, 5.41) is 3.22. The summed E-state index contributed by atoms with van der Waals surface area (Å²) in [6, 6.07) is 6.03. The van der Waals surface area contributed by atoms with Gasteiger partial charge in [-0.25, -0.2) is 4.79 Å². The second-order valence-electron chi connectivity index (χ2n) is 8.22. The Kier molecular flexibility index (Phi) is 5.32. The van der Waals surface area contributed by atoms with Gasteiger partial charge in [0.25, 0.3) is 0 Å². The molecule has 0 bridgehead atoms. The molecule has 1 aliphatic carbocycles. The van der Waals surface area contributed by atoms with Crippen LogP contribution < -0.4 is 5.32 Å². The number of rotatable bonds is 3. The Labute approximate surface area is 161 Å². The summed E-state index contributed by atoms with van der Waals surface area (Å²) in [6.45, 7) is 1.95. The molecule has 6 nitrogen and oxygen atoms in total. The maximum absolute atomic E-state index is 13.4. The Balaban J connectivity index is 1.47. The van der Waals surface area contributed by atoms with E-state index in [1.165, 1.54) is 19.3 Å². The summed E-state index contributed by atoms with van der Waals surface area (Å²) < 4.78 is 0. The maximum atomic E-state index is 13.4. The molecule has 2 saturated heterocycles. The summed E-state index contributed by atoms with van der Waals surface area (Å²) in [5.74, 6) is 0.107. The number of pyridine rings is 1. The lowest BCUT2D eigenvalue weighted by molar-refractivity contribution is -0.146. The van der Waals surface area contributed by atoms with Gasteiger partial charge in [-0.2, -0.15) is 0 Å². The third kappa shape index (κ3) is 3.66. The zero-order valence-corrected chi connectivity index (χ0v) is 16.0. The van der Waals surface area contributed by atoms with Crippen LogP contribution in [0.3, 0.4) is 0 Å². The SMILES string of the molecule is O=C(NC1CCCCC1)N1CCCC12CCCN(Cc1ccccn1)C2=O. The van der Waals surface area contributed by atoms with Crippen LogP contribution in [0.25, 0.3) is 0 Å². The predicted octanol–water partition coefficient (Wildman–Crippen LogP) is 3.08. The van der Waals surface area contributed by atoms with Gasteiger partial charge in [-0.3, -0.25) is 9.78 Å². The summed E-state index contributed by atoms with van der Waals surface area (Å²) >= 11 is 0. The zero-order chi connectivity index (χ0) is 18.7. The number of urea groups is 1. The Morgan fingerprint density at radius 1 is 1.11 bits per heavy atom. The molecule has 3 aliphatic rings. The first-order valence-electron chi connectivity index (χ1n) is 10.5. The van der Waals surface area contributed by atoms with Crippen molar-refractivity contribution in [3.63, 3.8) is 0 Å². The molecule has 27 heavy (non-hydrogen) atoms. The molecule has 4 rings (SSSR count). The third-order valence-corrected chi connectivity index (χ3v) is 6.45. The molecular weight excluding hydrogens is 340 g/mol. The van der Waals surface area contributed by atoms with Crippen molar-refractivity contribution in [2.24, 2.45) is 0 Å². The third-order valence-electron chi connectivity index (χ3n) is 6.45. The predicted molar refractivity (Wildman–Crippen MR) is 103 cm³/mol. The van der Waals surface area contributed by atoms with Crippen molar-refractivity contribution in [3.05, 3.63) is 30.1 Å². The smallest absolute Gasteiger partial charge is 0.318 e. The number of likely N-dealkylation sites (tertiary alicyclic amines) is 2. The van der Waals surface area contributed by atoms with Gasteiger partial charge >= 0.3 is 6.03 Å². The van der Waals surface area contributed by atoms with Crippen molar-refractivity contribution in [2.45, 2.75) is 75.9 Å². The molecule has 146 valence electrons. The zero-order valence-electron chi connectivity index (χ0n) is 16.0. The lowest BCUT2D eigenvalue weighted by Gasteiger charge is -2.44. The van der Waals surface area contributed by atoms with Crippen molar-refractivity contribution >= 4 is 11.9 Å². The van der Waals surface area contributed by atoms with Gasteiger partial charge < -0.3 is 15.1 Å². The molecule has 2 aliphatic heterocycles. The lowest BCUT2D eigenvalue weighted by Crippen LogP contribution is -2.63. The first-order chi connectivity index (χ1) is 13.2. The van der Waals surface area contributed by atoms with Gasteiger partial charge in [0.1, 0.15) is 5.54 Å². The number of carbonyl (C=O) groups excluding carboxylic acids is 2. The number of aromatic nitrogens is 1. The maximum Gasteiger partial charge on any atom is 0.318 e. The normalized spacial score (nSPS) is 26.6. The molecule has 1 aromatic heterocycles. The number of nitrogens with zero attached hydrogens (tertiary/aromatic N) is 3. The van der Waals surface area contributed by atoms with E-state index in [9.17, 15) is 9.59 Å². The van der Waals surface area contributed by atoms with Gasteiger partial charge in [0.15, 0.2) is 0 Å². The average Bonchev–Trinajstić information content (AvgIpc) is 3.12. The van der Waals surface area contributed by atoms with Gasteiger partial charge in [-0.1, -0.05) is 25.3 Å². The molecule has 1 saturated carbocycles. The fraction of sp³-hybridized carbons (Fsp3) is 0.667. The van der Waals surface area contributed by atoms with Crippen molar-refractivity contribution in [1.29, 1.82) is 0 Å². The van der Waals surface area contributed by atoms with E-state index in [1.54, 1.807) is 6.20 Å². The molecule has 1 aromatic rings. The van der Waals surface area contributed by atoms with E-state index in [2.05, 4.69) is 10.3 Å². The van der Waals surface area contributed by atoms with Crippen molar-refractivity contribution in [3.8, 4) is 0 Å². The molecule has 0 aromatic carbocycles. The van der Waals surface area contributed by atoms with Crippen LogP contribution in [-0.2, 0) is 11.3 Å². The van der Waals surface area contributed by atoms with Crippen LogP contribution in [0.1, 0.15) is 63.5 Å². The van der Waals surface area contributed by atoms with Gasteiger partial charge in [0.05, 0.1) is 12.2 Å². The van der Waals surface area contributed by atoms with E-state index in [0.717, 1.165) is 50.8 Å². The first kappa shape index (κ1) is 18.3. The molecule has 1 unspecified atom stereocenters. The number of amides is 3. The van der Waals surface area contributed by atoms with E-state index in [1.807, 2.05) is 28.0 Å². The van der Waals surface area contributed by atoms with Crippen LogP contribution in [0.2, 0.25) is 0 Å². The van der Waals surface area contributed by atoms with Gasteiger partial charge in [-0.15, -0.1) is 0 Å². The summed E-state index contributed by atoms with van der Waals surface area (Å²) in [5.41, 5.74) is 0.255. The van der Waals surface area contributed by atoms with Crippen LogP contribution in [0.15, 0.2) is 24.4 Å². The fourth-order valence-corrected chi connectivity index (χ4v) is 5.06. The molecule has 3 fully saturated rings. The van der Waals surface area contributed by atoms with Crippen LogP contribution >= 0.6 is 0 Å². The number of hydrogen-bond acceptors (Lipinski definition) is 3. The van der Waals surface area contributed by atoms with Crippen LogP contribution in [0, 0.1) is 0 Å². The number of carbonyl (C=O) groups is 2. The second-order valence-corrected chi connectivity index (χ2v) is 8.22. The lowest BCUT2D eigenvalue weighted by atomic mass is 9.85. The molecule has 1 atom stereocenters. The van der Waals surface area contributed by atoms with E-state index < -0.39 is 5.54 Å². The summed E-state index contributed by atoms with van der Waals surface area (Å²) in [6.07, 6.45) is 10.9. The van der Waals surface area contributed by atoms with Crippen molar-refractivity contribution in [2.75, 3.05) is 13.1 Å². The molecular formula is C21H30N4O2. The van der Waals surface area contributed by atoms with E-state index in [0.29, 0.717) is 13.1 Å². The Bertz CT molecular complexity index is 674. The van der Waals surface area contributed by atoms with Crippen LogP contribution in [0.4, 0.5) is 4.79 Å². The second kappa shape index (κ2) is 7.87. The highest BCUT2D eigenvalue weighted by atomic mass is 16.2. The standard InChI is InChI=1S/C21H30N4O2/c26-19-21(11-6-14-24(19)16-18-10-4-5-13-22-18)12-7-15-25(21)20(27)23-17-8-2-1-3-9-17/h4-5,10,13,17H,1-3,6-9,11-12,14-16H2,(H,23,27). The van der Waals surface area contributed by atoms with E-state index >= 15 is 0 Å². The number of nitrogens with one attached hydrogen (secondary N) is 1. The van der Waals surface area contributed by atoms with Crippen LogP contribution in [-0.4, -0.2) is 51.4 Å². The summed E-state index contributed by atoms with van der Waals surface area (Å²) in [7, 11) is 0. The fourth-order valence-electron chi connectivity index (χ4n) is 5.06. The number of hydrogen-bond donors (Lipinski definition) is 1.